The van der Waals surface area contributed by atoms with Gasteiger partial charge in [0.05, 0.1) is 27.8 Å². The lowest BCUT2D eigenvalue weighted by Crippen LogP contribution is -2.46. The van der Waals surface area contributed by atoms with Crippen molar-refractivity contribution in [2.45, 2.75) is 31.6 Å². The van der Waals surface area contributed by atoms with E-state index >= 15 is 0 Å². The predicted molar refractivity (Wildman–Crippen MR) is 116 cm³/mol. The van der Waals surface area contributed by atoms with Gasteiger partial charge in [0.2, 0.25) is 15.9 Å². The molecule has 162 valence electrons. The zero-order chi connectivity index (χ0) is 21.9. The van der Waals surface area contributed by atoms with E-state index in [0.29, 0.717) is 35.0 Å². The molecule has 3 rings (SSSR count). The second kappa shape index (κ2) is 9.64. The number of nitrogens with zero attached hydrogens (tertiary/aromatic N) is 1. The van der Waals surface area contributed by atoms with Crippen LogP contribution in [0.15, 0.2) is 42.5 Å². The van der Waals surface area contributed by atoms with Crippen LogP contribution in [0.4, 0.5) is 4.39 Å². The van der Waals surface area contributed by atoms with E-state index in [0.717, 1.165) is 5.56 Å². The molecule has 5 nitrogen and oxygen atoms in total. The first kappa shape index (κ1) is 23.0. The minimum Gasteiger partial charge on any atom is -0.349 e. The summed E-state index contributed by atoms with van der Waals surface area (Å²) in [5.74, 6) is -1.19. The van der Waals surface area contributed by atoms with Gasteiger partial charge in [-0.05, 0) is 55.2 Å². The summed E-state index contributed by atoms with van der Waals surface area (Å²) in [6.45, 7) is 2.32. The molecule has 1 fully saturated rings. The summed E-state index contributed by atoms with van der Waals surface area (Å²) >= 11 is 11.9. The van der Waals surface area contributed by atoms with E-state index in [2.05, 4.69) is 5.32 Å². The zero-order valence-corrected chi connectivity index (χ0v) is 18.8. The number of hydrogen-bond donors (Lipinski definition) is 1. The number of nitrogens with one attached hydrogen (secondary N) is 1. The van der Waals surface area contributed by atoms with Crippen LogP contribution in [0.25, 0.3) is 0 Å². The number of rotatable bonds is 6. The molecule has 0 aromatic heterocycles. The maximum Gasteiger partial charge on any atom is 0.224 e. The molecule has 0 spiro atoms. The van der Waals surface area contributed by atoms with Crippen LogP contribution in [-0.4, -0.2) is 31.7 Å². The summed E-state index contributed by atoms with van der Waals surface area (Å²) in [5.41, 5.74) is 1.32. The fourth-order valence-electron chi connectivity index (χ4n) is 3.51. The summed E-state index contributed by atoms with van der Waals surface area (Å²) in [5, 5.41) is 3.57. The highest BCUT2D eigenvalue weighted by Crippen LogP contribution is 2.26. The SMILES string of the molecule is C[C@H](NC(=O)[C@@H]1CCCN(S(=O)(=O)Cc2ccc(Cl)c(Cl)c2)C1)c1ccc(F)cc1. The van der Waals surface area contributed by atoms with Gasteiger partial charge in [0.15, 0.2) is 0 Å². The lowest BCUT2D eigenvalue weighted by Gasteiger charge is -2.32. The highest BCUT2D eigenvalue weighted by molar-refractivity contribution is 7.88. The largest absolute Gasteiger partial charge is 0.349 e. The average Bonchev–Trinajstić information content (AvgIpc) is 2.71. The monoisotopic (exact) mass is 472 g/mol. The first-order valence-corrected chi connectivity index (χ1v) is 12.0. The topological polar surface area (TPSA) is 66.5 Å². The molecule has 1 aliphatic rings. The van der Waals surface area contributed by atoms with Gasteiger partial charge >= 0.3 is 0 Å². The maximum atomic E-state index is 13.1. The molecule has 0 aliphatic carbocycles. The molecule has 1 aliphatic heterocycles. The fourth-order valence-corrected chi connectivity index (χ4v) is 5.42. The van der Waals surface area contributed by atoms with Gasteiger partial charge in [-0.2, -0.15) is 0 Å². The van der Waals surface area contributed by atoms with Gasteiger partial charge in [0.25, 0.3) is 0 Å². The first-order valence-electron chi connectivity index (χ1n) is 9.63. The van der Waals surface area contributed by atoms with Gasteiger partial charge in [-0.1, -0.05) is 41.4 Å². The molecule has 1 saturated heterocycles. The van der Waals surface area contributed by atoms with Crippen LogP contribution in [0.2, 0.25) is 10.0 Å². The lowest BCUT2D eigenvalue weighted by atomic mass is 9.98. The quantitative estimate of drug-likeness (QED) is 0.670. The molecule has 30 heavy (non-hydrogen) atoms. The van der Waals surface area contributed by atoms with E-state index in [1.807, 2.05) is 6.92 Å². The molecule has 0 unspecified atom stereocenters. The Hall–Kier alpha value is -1.67. The van der Waals surface area contributed by atoms with Crippen LogP contribution in [0, 0.1) is 11.7 Å². The molecule has 0 saturated carbocycles. The summed E-state index contributed by atoms with van der Waals surface area (Å²) in [6.07, 6.45) is 1.21. The lowest BCUT2D eigenvalue weighted by molar-refractivity contribution is -0.126. The Balaban J connectivity index is 1.64. The van der Waals surface area contributed by atoms with Crippen molar-refractivity contribution in [2.24, 2.45) is 5.92 Å². The fraction of sp³-hybridized carbons (Fsp3) is 0.381. The van der Waals surface area contributed by atoms with Crippen LogP contribution in [0.1, 0.15) is 36.9 Å². The number of carbonyl (C=O) groups excluding carboxylic acids is 1. The predicted octanol–water partition coefficient (Wildman–Crippen LogP) is 4.55. The maximum absolute atomic E-state index is 13.1. The molecular weight excluding hydrogens is 450 g/mol. The third kappa shape index (κ3) is 5.72. The van der Waals surface area contributed by atoms with E-state index in [1.165, 1.54) is 16.4 Å². The van der Waals surface area contributed by atoms with Crippen molar-refractivity contribution >= 4 is 39.1 Å². The van der Waals surface area contributed by atoms with Crippen molar-refractivity contribution in [3.05, 3.63) is 69.5 Å². The summed E-state index contributed by atoms with van der Waals surface area (Å²) in [6, 6.07) is 10.4. The van der Waals surface area contributed by atoms with E-state index < -0.39 is 15.9 Å². The molecule has 0 bridgehead atoms. The number of piperidine rings is 1. The van der Waals surface area contributed by atoms with Gasteiger partial charge < -0.3 is 5.32 Å². The van der Waals surface area contributed by atoms with Crippen LogP contribution < -0.4 is 5.32 Å². The number of benzene rings is 2. The van der Waals surface area contributed by atoms with Crippen LogP contribution in [0.5, 0.6) is 0 Å². The molecular formula is C21H23Cl2FN2O3S. The van der Waals surface area contributed by atoms with Gasteiger partial charge in [0, 0.05) is 13.1 Å². The Kier molecular flexibility index (Phi) is 7.39. The summed E-state index contributed by atoms with van der Waals surface area (Å²) in [4.78, 5) is 12.7. The van der Waals surface area contributed by atoms with E-state index in [4.69, 9.17) is 23.2 Å². The van der Waals surface area contributed by atoms with E-state index in [1.54, 1.807) is 30.3 Å². The number of carbonyl (C=O) groups is 1. The standard InChI is InChI=1S/C21H23Cl2FN2O3S/c1-14(16-5-7-18(24)8-6-16)25-21(27)17-3-2-10-26(12-17)30(28,29)13-15-4-9-19(22)20(23)11-15/h4-9,11,14,17H,2-3,10,12-13H2,1H3,(H,25,27)/t14-,17+/m0/s1. The van der Waals surface area contributed by atoms with Crippen molar-refractivity contribution in [3.63, 3.8) is 0 Å². The van der Waals surface area contributed by atoms with Crippen molar-refractivity contribution < 1.29 is 17.6 Å². The Morgan fingerprint density at radius 3 is 2.57 bits per heavy atom. The molecule has 2 aromatic carbocycles. The molecule has 1 heterocycles. The Morgan fingerprint density at radius 2 is 1.90 bits per heavy atom. The first-order chi connectivity index (χ1) is 14.2. The highest BCUT2D eigenvalue weighted by Gasteiger charge is 2.33. The van der Waals surface area contributed by atoms with Crippen molar-refractivity contribution in [2.75, 3.05) is 13.1 Å². The van der Waals surface area contributed by atoms with Crippen LogP contribution in [-0.2, 0) is 20.6 Å². The average molecular weight is 473 g/mol. The smallest absolute Gasteiger partial charge is 0.224 e. The number of sulfonamides is 1. The van der Waals surface area contributed by atoms with E-state index in [9.17, 15) is 17.6 Å². The minimum absolute atomic E-state index is 0.131. The molecule has 1 N–H and O–H groups in total. The van der Waals surface area contributed by atoms with Gasteiger partial charge in [-0.25, -0.2) is 17.1 Å². The van der Waals surface area contributed by atoms with Crippen LogP contribution >= 0.6 is 23.2 Å². The van der Waals surface area contributed by atoms with Crippen LogP contribution in [0.3, 0.4) is 0 Å². The molecule has 2 aromatic rings. The zero-order valence-electron chi connectivity index (χ0n) is 16.4. The van der Waals surface area contributed by atoms with Crippen molar-refractivity contribution in [3.8, 4) is 0 Å². The molecule has 9 heteroatoms. The van der Waals surface area contributed by atoms with E-state index in [-0.39, 0.29) is 30.1 Å². The Bertz CT molecular complexity index is 1020. The third-order valence-electron chi connectivity index (χ3n) is 5.21. The number of hydrogen-bond acceptors (Lipinski definition) is 3. The summed E-state index contributed by atoms with van der Waals surface area (Å²) in [7, 11) is -3.61. The minimum atomic E-state index is -3.61. The third-order valence-corrected chi connectivity index (χ3v) is 7.77. The Morgan fingerprint density at radius 1 is 1.20 bits per heavy atom. The van der Waals surface area contributed by atoms with Crippen molar-refractivity contribution in [1.82, 2.24) is 9.62 Å². The van der Waals surface area contributed by atoms with Gasteiger partial charge in [-0.15, -0.1) is 0 Å². The Labute approximate surface area is 186 Å². The second-order valence-electron chi connectivity index (χ2n) is 7.48. The van der Waals surface area contributed by atoms with Gasteiger partial charge in [-0.3, -0.25) is 4.79 Å². The molecule has 1 amide bonds. The van der Waals surface area contributed by atoms with Crippen molar-refractivity contribution in [1.29, 1.82) is 0 Å². The second-order valence-corrected chi connectivity index (χ2v) is 10.3. The van der Waals surface area contributed by atoms with Gasteiger partial charge in [0.1, 0.15) is 5.82 Å². The normalized spacial score (nSPS) is 18.7. The molecule has 2 atom stereocenters. The number of amides is 1. The molecule has 0 radical (unpaired) electrons. The highest BCUT2D eigenvalue weighted by atomic mass is 35.5. The number of halogens is 3. The summed E-state index contributed by atoms with van der Waals surface area (Å²) < 4.78 is 40.2.